The number of ether oxygens (including phenoxy) is 3. The van der Waals surface area contributed by atoms with Gasteiger partial charge in [-0.2, -0.15) is 0 Å². The summed E-state index contributed by atoms with van der Waals surface area (Å²) >= 11 is 0. The zero-order valence-electron chi connectivity index (χ0n) is 19.7. The first-order chi connectivity index (χ1) is 15.0. The van der Waals surface area contributed by atoms with Gasteiger partial charge in [0.25, 0.3) is 0 Å². The lowest BCUT2D eigenvalue weighted by molar-refractivity contribution is -0.149. The number of nitrogens with one attached hydrogen (secondary N) is 1. The highest BCUT2D eigenvalue weighted by molar-refractivity contribution is 6.71. The molecule has 0 aliphatic rings. The van der Waals surface area contributed by atoms with Crippen molar-refractivity contribution in [2.75, 3.05) is 33.5 Å². The minimum atomic E-state index is -1.64. The summed E-state index contributed by atoms with van der Waals surface area (Å²) in [6.07, 6.45) is 2.86. The number of Topliss-reactive ketones (excluding diaryl/α,β-unsaturated/α-hetero) is 1. The average molecular weight is 472 g/mol. The van der Waals surface area contributed by atoms with E-state index in [0.717, 1.165) is 24.6 Å². The van der Waals surface area contributed by atoms with Crippen LogP contribution in [0, 0.1) is 5.41 Å². The van der Waals surface area contributed by atoms with Crippen LogP contribution >= 0.6 is 0 Å². The Balaban J connectivity index is 4.33. The van der Waals surface area contributed by atoms with Crippen molar-refractivity contribution in [3.05, 3.63) is 25.3 Å². The van der Waals surface area contributed by atoms with Gasteiger partial charge in [0.1, 0.15) is 19.0 Å². The molecule has 0 bridgehead atoms. The fraction of sp³-hybridized carbons (Fsp3) is 0.636. The van der Waals surface area contributed by atoms with Crippen LogP contribution in [0.25, 0.3) is 0 Å². The van der Waals surface area contributed by atoms with Crippen LogP contribution in [0.15, 0.2) is 25.3 Å². The van der Waals surface area contributed by atoms with E-state index in [-0.39, 0.29) is 38.4 Å². The highest BCUT2D eigenvalue weighted by Crippen LogP contribution is 2.24. The standard InChI is InChI=1S/C22H37NO8Si/c1-7-19(25)30-16-22(3,17-31-20(26)8-2)15-18(24)11-9-13-29-21(27)23-12-10-14-32(5,6)28-4/h7-8H,1-2,9-17H2,3-6H3,(H,23,27). The van der Waals surface area contributed by atoms with Crippen molar-refractivity contribution in [3.63, 3.8) is 0 Å². The fourth-order valence-electron chi connectivity index (χ4n) is 2.61. The maximum atomic E-state index is 12.4. The molecule has 0 unspecified atom stereocenters. The number of ketones is 1. The second-order valence-electron chi connectivity index (χ2n) is 8.38. The molecular formula is C22H37NO8Si. The molecule has 0 rings (SSSR count). The van der Waals surface area contributed by atoms with Crippen LogP contribution in [-0.2, 0) is 33.0 Å². The Kier molecular flexibility index (Phi) is 14.2. The smallest absolute Gasteiger partial charge is 0.407 e. The van der Waals surface area contributed by atoms with Gasteiger partial charge in [0.15, 0.2) is 8.32 Å². The lowest BCUT2D eigenvalue weighted by atomic mass is 9.85. The number of hydrogen-bond acceptors (Lipinski definition) is 8. The average Bonchev–Trinajstić information content (AvgIpc) is 2.76. The van der Waals surface area contributed by atoms with Crippen LogP contribution in [0.5, 0.6) is 0 Å². The third kappa shape index (κ3) is 14.5. The topological polar surface area (TPSA) is 117 Å². The van der Waals surface area contributed by atoms with Gasteiger partial charge < -0.3 is 24.0 Å². The Bertz CT molecular complexity index is 638. The largest absolute Gasteiger partial charge is 0.462 e. The SMILES string of the molecule is C=CC(=O)OCC(C)(COC(=O)C=C)CC(=O)CCCOC(=O)NCCC[Si](C)(C)OC. The Morgan fingerprint density at radius 2 is 1.53 bits per heavy atom. The summed E-state index contributed by atoms with van der Waals surface area (Å²) in [6, 6.07) is 0.932. The van der Waals surface area contributed by atoms with Gasteiger partial charge in [0.05, 0.1) is 6.61 Å². The number of esters is 2. The second kappa shape index (κ2) is 15.4. The summed E-state index contributed by atoms with van der Waals surface area (Å²) < 4.78 is 20.6. The number of amides is 1. The normalized spacial score (nSPS) is 11.2. The molecule has 0 aromatic rings. The number of rotatable bonds is 17. The van der Waals surface area contributed by atoms with Gasteiger partial charge in [0.2, 0.25) is 0 Å². The van der Waals surface area contributed by atoms with Gasteiger partial charge in [-0.05, 0) is 32.0 Å². The maximum absolute atomic E-state index is 12.4. The summed E-state index contributed by atoms with van der Waals surface area (Å²) in [5, 5.41) is 2.68. The number of carbonyl (C=O) groups excluding carboxylic acids is 4. The van der Waals surface area contributed by atoms with Crippen LogP contribution < -0.4 is 5.32 Å². The molecule has 0 heterocycles. The van der Waals surface area contributed by atoms with E-state index in [0.29, 0.717) is 13.0 Å². The minimum Gasteiger partial charge on any atom is -0.462 e. The molecule has 10 heteroatoms. The molecule has 0 aromatic heterocycles. The lowest BCUT2D eigenvalue weighted by Crippen LogP contribution is -2.33. The van der Waals surface area contributed by atoms with Crippen molar-refractivity contribution in [2.24, 2.45) is 5.41 Å². The first kappa shape index (κ1) is 29.5. The third-order valence-corrected chi connectivity index (χ3v) is 7.36. The Labute approximate surface area is 191 Å². The molecular weight excluding hydrogens is 434 g/mol. The first-order valence-electron chi connectivity index (χ1n) is 10.5. The summed E-state index contributed by atoms with van der Waals surface area (Å²) in [5.41, 5.74) is -0.897. The molecule has 0 spiro atoms. The zero-order chi connectivity index (χ0) is 24.6. The van der Waals surface area contributed by atoms with Gasteiger partial charge in [-0.3, -0.25) is 4.79 Å². The molecule has 0 saturated heterocycles. The van der Waals surface area contributed by atoms with Gasteiger partial charge in [0, 0.05) is 44.1 Å². The van der Waals surface area contributed by atoms with Gasteiger partial charge in [-0.25, -0.2) is 14.4 Å². The number of carbonyl (C=O) groups is 4. The highest BCUT2D eigenvalue weighted by Gasteiger charge is 2.31. The molecule has 0 radical (unpaired) electrons. The van der Waals surface area contributed by atoms with Crippen LogP contribution in [0.2, 0.25) is 19.1 Å². The van der Waals surface area contributed by atoms with E-state index in [1.807, 2.05) is 0 Å². The molecule has 0 saturated carbocycles. The molecule has 182 valence electrons. The van der Waals surface area contributed by atoms with E-state index >= 15 is 0 Å². The Morgan fingerprint density at radius 1 is 0.969 bits per heavy atom. The van der Waals surface area contributed by atoms with Crippen LogP contribution in [-0.4, -0.2) is 65.6 Å². The molecule has 1 N–H and O–H groups in total. The van der Waals surface area contributed by atoms with Crippen molar-refractivity contribution < 1.29 is 37.8 Å². The van der Waals surface area contributed by atoms with E-state index in [1.54, 1.807) is 14.0 Å². The predicted octanol–water partition coefficient (Wildman–Crippen LogP) is 3.16. The van der Waals surface area contributed by atoms with Crippen molar-refractivity contribution in [1.82, 2.24) is 5.32 Å². The quantitative estimate of drug-likeness (QED) is 0.113. The summed E-state index contributed by atoms with van der Waals surface area (Å²) in [6.45, 7) is 12.9. The zero-order valence-corrected chi connectivity index (χ0v) is 20.7. The molecule has 0 atom stereocenters. The van der Waals surface area contributed by atoms with E-state index in [1.165, 1.54) is 0 Å². The van der Waals surface area contributed by atoms with E-state index < -0.39 is 31.8 Å². The molecule has 32 heavy (non-hydrogen) atoms. The second-order valence-corrected chi connectivity index (χ2v) is 12.8. The minimum absolute atomic E-state index is 0.0210. The van der Waals surface area contributed by atoms with Crippen LogP contribution in [0.4, 0.5) is 4.79 Å². The van der Waals surface area contributed by atoms with E-state index in [2.05, 4.69) is 31.6 Å². The molecule has 9 nitrogen and oxygen atoms in total. The van der Waals surface area contributed by atoms with Crippen LogP contribution in [0.3, 0.4) is 0 Å². The van der Waals surface area contributed by atoms with Crippen molar-refractivity contribution in [2.45, 2.75) is 51.7 Å². The number of hydrogen-bond donors (Lipinski definition) is 1. The van der Waals surface area contributed by atoms with E-state index in [4.69, 9.17) is 18.6 Å². The first-order valence-corrected chi connectivity index (χ1v) is 13.6. The molecule has 1 amide bonds. The third-order valence-electron chi connectivity index (χ3n) is 4.69. The molecule has 0 fully saturated rings. The lowest BCUT2D eigenvalue weighted by Gasteiger charge is -2.27. The predicted molar refractivity (Wildman–Crippen MR) is 123 cm³/mol. The number of alkyl carbamates (subject to hydrolysis) is 1. The molecule has 0 aromatic carbocycles. The summed E-state index contributed by atoms with van der Waals surface area (Å²) in [5.74, 6) is -1.40. The highest BCUT2D eigenvalue weighted by atomic mass is 28.4. The summed E-state index contributed by atoms with van der Waals surface area (Å²) in [4.78, 5) is 46.8. The summed E-state index contributed by atoms with van der Waals surface area (Å²) in [7, 11) is 0.0710. The van der Waals surface area contributed by atoms with Gasteiger partial charge in [-0.15, -0.1) is 0 Å². The Morgan fingerprint density at radius 3 is 2.03 bits per heavy atom. The van der Waals surface area contributed by atoms with Gasteiger partial charge >= 0.3 is 18.0 Å². The van der Waals surface area contributed by atoms with Gasteiger partial charge in [-0.1, -0.05) is 20.1 Å². The van der Waals surface area contributed by atoms with Crippen molar-refractivity contribution >= 4 is 32.1 Å². The fourth-order valence-corrected chi connectivity index (χ4v) is 3.84. The van der Waals surface area contributed by atoms with Crippen molar-refractivity contribution in [1.29, 1.82) is 0 Å². The Hall–Kier alpha value is -2.46. The van der Waals surface area contributed by atoms with Crippen molar-refractivity contribution in [3.8, 4) is 0 Å². The molecule has 0 aliphatic heterocycles. The molecule has 0 aliphatic carbocycles. The van der Waals surface area contributed by atoms with E-state index in [9.17, 15) is 19.2 Å². The maximum Gasteiger partial charge on any atom is 0.407 e. The van der Waals surface area contributed by atoms with Crippen LogP contribution in [0.1, 0.15) is 32.6 Å². The monoisotopic (exact) mass is 471 g/mol.